The van der Waals surface area contributed by atoms with Crippen LogP contribution in [-0.4, -0.2) is 23.5 Å². The number of amides is 2. The molecule has 0 aliphatic carbocycles. The zero-order chi connectivity index (χ0) is 23.4. The lowest BCUT2D eigenvalue weighted by Gasteiger charge is -2.10. The van der Waals surface area contributed by atoms with Gasteiger partial charge in [0, 0.05) is 17.1 Å². The van der Waals surface area contributed by atoms with E-state index in [4.69, 9.17) is 9.15 Å². The van der Waals surface area contributed by atoms with Crippen molar-refractivity contribution in [3.8, 4) is 17.5 Å². The van der Waals surface area contributed by atoms with E-state index in [1.54, 1.807) is 27.0 Å². The monoisotopic (exact) mass is 432 g/mol. The number of benzene rings is 1. The molecule has 1 aromatic carbocycles. The number of nitriles is 1. The SMILES string of the molecule is COc1ccc(-n2c(C)cc(/C=C(\C#N)C(=O)NNC(=O)c3cc(C)oc3C)c2C)cc1. The zero-order valence-corrected chi connectivity index (χ0v) is 18.6. The first-order valence-corrected chi connectivity index (χ1v) is 9.88. The number of hydrazine groups is 1. The highest BCUT2D eigenvalue weighted by atomic mass is 16.5. The van der Waals surface area contributed by atoms with Crippen molar-refractivity contribution in [1.29, 1.82) is 5.26 Å². The molecule has 2 amide bonds. The summed E-state index contributed by atoms with van der Waals surface area (Å²) < 4.78 is 12.5. The molecule has 3 rings (SSSR count). The Morgan fingerprint density at radius 3 is 2.34 bits per heavy atom. The second kappa shape index (κ2) is 9.27. The van der Waals surface area contributed by atoms with Crippen molar-refractivity contribution in [3.63, 3.8) is 0 Å². The number of nitrogens with zero attached hydrogens (tertiary/aromatic N) is 2. The van der Waals surface area contributed by atoms with E-state index in [1.165, 1.54) is 6.08 Å². The number of aryl methyl sites for hydroxylation is 3. The molecule has 3 aromatic rings. The Labute approximate surface area is 186 Å². The van der Waals surface area contributed by atoms with Crippen molar-refractivity contribution >= 4 is 17.9 Å². The number of furan rings is 1. The molecular weight excluding hydrogens is 408 g/mol. The van der Waals surface area contributed by atoms with Crippen molar-refractivity contribution in [3.05, 3.63) is 76.0 Å². The van der Waals surface area contributed by atoms with Crippen LogP contribution in [0.15, 0.2) is 46.4 Å². The Morgan fingerprint density at radius 1 is 1.09 bits per heavy atom. The normalized spacial score (nSPS) is 11.1. The number of aromatic nitrogens is 1. The van der Waals surface area contributed by atoms with Gasteiger partial charge in [-0.05, 0) is 75.7 Å². The minimum Gasteiger partial charge on any atom is -0.497 e. The second-order valence-corrected chi connectivity index (χ2v) is 7.26. The van der Waals surface area contributed by atoms with Crippen molar-refractivity contribution in [2.24, 2.45) is 0 Å². The highest BCUT2D eigenvalue weighted by molar-refractivity contribution is 6.04. The number of ether oxygens (including phenoxy) is 1. The van der Waals surface area contributed by atoms with Crippen molar-refractivity contribution < 1.29 is 18.7 Å². The molecule has 0 aliphatic heterocycles. The molecule has 0 spiro atoms. The largest absolute Gasteiger partial charge is 0.497 e. The number of carbonyl (C=O) groups excluding carboxylic acids is 2. The van der Waals surface area contributed by atoms with Crippen LogP contribution >= 0.6 is 0 Å². The molecule has 32 heavy (non-hydrogen) atoms. The minimum atomic E-state index is -0.715. The van der Waals surface area contributed by atoms with Crippen LogP contribution in [0, 0.1) is 39.0 Å². The third-order valence-corrected chi connectivity index (χ3v) is 5.04. The van der Waals surface area contributed by atoms with Crippen LogP contribution in [0.2, 0.25) is 0 Å². The van der Waals surface area contributed by atoms with Crippen molar-refractivity contribution in [2.75, 3.05) is 7.11 Å². The van der Waals surface area contributed by atoms with Crippen LogP contribution in [0.3, 0.4) is 0 Å². The predicted octanol–water partition coefficient (Wildman–Crippen LogP) is 3.68. The van der Waals surface area contributed by atoms with Crippen molar-refractivity contribution in [2.45, 2.75) is 27.7 Å². The van der Waals surface area contributed by atoms with Gasteiger partial charge in [0.2, 0.25) is 0 Å². The molecule has 0 bridgehead atoms. The second-order valence-electron chi connectivity index (χ2n) is 7.26. The van der Waals surface area contributed by atoms with Crippen LogP contribution in [0.1, 0.15) is 38.8 Å². The van der Waals surface area contributed by atoms with Gasteiger partial charge in [-0.25, -0.2) is 0 Å². The number of carbonyl (C=O) groups is 2. The van der Waals surface area contributed by atoms with Gasteiger partial charge in [0.05, 0.1) is 12.7 Å². The molecule has 0 fully saturated rings. The Kier molecular flexibility index (Phi) is 6.50. The average Bonchev–Trinajstić information content (AvgIpc) is 3.26. The lowest BCUT2D eigenvalue weighted by Crippen LogP contribution is -2.42. The Balaban J connectivity index is 1.79. The quantitative estimate of drug-likeness (QED) is 0.363. The first kappa shape index (κ1) is 22.4. The van der Waals surface area contributed by atoms with Crippen LogP contribution in [-0.2, 0) is 4.79 Å². The maximum atomic E-state index is 12.5. The molecule has 0 aliphatic rings. The highest BCUT2D eigenvalue weighted by Gasteiger charge is 2.17. The molecule has 2 heterocycles. The highest BCUT2D eigenvalue weighted by Crippen LogP contribution is 2.24. The smallest absolute Gasteiger partial charge is 0.280 e. The summed E-state index contributed by atoms with van der Waals surface area (Å²) in [7, 11) is 1.61. The van der Waals surface area contributed by atoms with Gasteiger partial charge in [-0.15, -0.1) is 0 Å². The third-order valence-electron chi connectivity index (χ3n) is 5.04. The van der Waals surface area contributed by atoms with Gasteiger partial charge in [0.1, 0.15) is 28.9 Å². The molecule has 0 atom stereocenters. The van der Waals surface area contributed by atoms with E-state index in [-0.39, 0.29) is 5.57 Å². The molecule has 0 radical (unpaired) electrons. The minimum absolute atomic E-state index is 0.139. The van der Waals surface area contributed by atoms with E-state index in [2.05, 4.69) is 10.9 Å². The van der Waals surface area contributed by atoms with E-state index in [0.29, 0.717) is 17.1 Å². The number of rotatable bonds is 5. The molecular formula is C24H24N4O4. The van der Waals surface area contributed by atoms with Crippen LogP contribution in [0.5, 0.6) is 5.75 Å². The van der Waals surface area contributed by atoms with Gasteiger partial charge in [0.15, 0.2) is 0 Å². The topological polar surface area (TPSA) is 109 Å². The molecule has 0 saturated heterocycles. The first-order valence-electron chi connectivity index (χ1n) is 9.88. The van der Waals surface area contributed by atoms with Crippen LogP contribution < -0.4 is 15.6 Å². The summed E-state index contributed by atoms with van der Waals surface area (Å²) in [6.45, 7) is 7.22. The Hall–Kier alpha value is -4.25. The summed E-state index contributed by atoms with van der Waals surface area (Å²) in [6, 6.07) is 12.9. The summed E-state index contributed by atoms with van der Waals surface area (Å²) in [6.07, 6.45) is 1.50. The fraction of sp³-hybridized carbons (Fsp3) is 0.208. The Bertz CT molecular complexity index is 1240. The zero-order valence-electron chi connectivity index (χ0n) is 18.6. The number of nitrogens with one attached hydrogen (secondary N) is 2. The van der Waals surface area contributed by atoms with Gasteiger partial charge >= 0.3 is 0 Å². The summed E-state index contributed by atoms with van der Waals surface area (Å²) >= 11 is 0. The maximum Gasteiger partial charge on any atom is 0.280 e. The van der Waals surface area contributed by atoms with E-state index in [9.17, 15) is 14.9 Å². The molecule has 164 valence electrons. The predicted molar refractivity (Wildman–Crippen MR) is 119 cm³/mol. The summed E-state index contributed by atoms with van der Waals surface area (Å²) in [5.74, 6) is 0.540. The lowest BCUT2D eigenvalue weighted by molar-refractivity contribution is -0.117. The van der Waals surface area contributed by atoms with E-state index in [0.717, 1.165) is 28.4 Å². The van der Waals surface area contributed by atoms with Crippen LogP contribution in [0.25, 0.3) is 11.8 Å². The number of hydrogen-bond acceptors (Lipinski definition) is 5. The van der Waals surface area contributed by atoms with Gasteiger partial charge in [-0.2, -0.15) is 5.26 Å². The number of hydrogen-bond donors (Lipinski definition) is 2. The van der Waals surface area contributed by atoms with Gasteiger partial charge < -0.3 is 13.7 Å². The molecule has 8 heteroatoms. The fourth-order valence-corrected chi connectivity index (χ4v) is 3.47. The van der Waals surface area contributed by atoms with E-state index in [1.807, 2.05) is 54.8 Å². The molecule has 8 nitrogen and oxygen atoms in total. The summed E-state index contributed by atoms with van der Waals surface area (Å²) in [5, 5.41) is 9.50. The van der Waals surface area contributed by atoms with Gasteiger partial charge in [-0.3, -0.25) is 20.4 Å². The average molecular weight is 432 g/mol. The third kappa shape index (κ3) is 4.57. The van der Waals surface area contributed by atoms with E-state index >= 15 is 0 Å². The molecule has 2 aromatic heterocycles. The maximum absolute atomic E-state index is 12.5. The molecule has 0 saturated carbocycles. The van der Waals surface area contributed by atoms with Gasteiger partial charge in [0.25, 0.3) is 11.8 Å². The summed E-state index contributed by atoms with van der Waals surface area (Å²) in [5.41, 5.74) is 8.23. The lowest BCUT2D eigenvalue weighted by atomic mass is 10.1. The number of methoxy groups -OCH3 is 1. The standard InChI is InChI=1S/C24H24N4O4/c1-14-10-18(16(3)28(14)20-6-8-21(31-5)9-7-20)12-19(13-25)23(29)26-27-24(30)22-11-15(2)32-17(22)4/h6-12H,1-5H3,(H,26,29)(H,27,30)/b19-12+. The molecule has 2 N–H and O–H groups in total. The van der Waals surface area contributed by atoms with Crippen LogP contribution in [0.4, 0.5) is 0 Å². The first-order chi connectivity index (χ1) is 15.2. The Morgan fingerprint density at radius 2 is 1.78 bits per heavy atom. The van der Waals surface area contributed by atoms with Gasteiger partial charge in [-0.1, -0.05) is 0 Å². The fourth-order valence-electron chi connectivity index (χ4n) is 3.47. The summed E-state index contributed by atoms with van der Waals surface area (Å²) in [4.78, 5) is 24.7. The van der Waals surface area contributed by atoms with E-state index < -0.39 is 11.8 Å². The molecule has 0 unspecified atom stereocenters. The van der Waals surface area contributed by atoms with Crippen molar-refractivity contribution in [1.82, 2.24) is 15.4 Å².